The van der Waals surface area contributed by atoms with E-state index in [4.69, 9.17) is 9.47 Å². The number of piperidine rings is 1. The molecule has 1 N–H and O–H groups in total. The molecule has 0 radical (unpaired) electrons. The van der Waals surface area contributed by atoms with Crippen molar-refractivity contribution in [2.24, 2.45) is 0 Å². The number of hydrogen-bond donors (Lipinski definition) is 1. The van der Waals surface area contributed by atoms with Crippen LogP contribution in [0.25, 0.3) is 0 Å². The first-order chi connectivity index (χ1) is 13.9. The number of carbonyl (C=O) groups is 1. The van der Waals surface area contributed by atoms with Crippen molar-refractivity contribution in [3.05, 3.63) is 53.9 Å². The molecule has 0 atom stereocenters. The van der Waals surface area contributed by atoms with Gasteiger partial charge in [0.1, 0.15) is 5.69 Å². The minimum Gasteiger partial charge on any atom is -0.354 e. The maximum absolute atomic E-state index is 12.8. The van der Waals surface area contributed by atoms with Gasteiger partial charge in [-0.1, -0.05) is 39.0 Å². The maximum Gasteiger partial charge on any atom is 0.272 e. The quantitative estimate of drug-likeness (QED) is 0.848. The molecule has 6 nitrogen and oxygen atoms in total. The highest BCUT2D eigenvalue weighted by Gasteiger charge is 2.41. The topological polar surface area (TPSA) is 63.7 Å². The molecule has 0 saturated carbocycles. The van der Waals surface area contributed by atoms with Crippen LogP contribution in [-0.2, 0) is 14.9 Å². The van der Waals surface area contributed by atoms with E-state index in [1.807, 2.05) is 17.0 Å². The number of para-hydroxylation sites is 1. The van der Waals surface area contributed by atoms with Crippen LogP contribution in [0.4, 0.5) is 11.4 Å². The first-order valence-electron chi connectivity index (χ1n) is 10.3. The van der Waals surface area contributed by atoms with Gasteiger partial charge in [-0.15, -0.1) is 0 Å². The molecular weight excluding hydrogens is 366 g/mol. The second-order valence-corrected chi connectivity index (χ2v) is 8.75. The molecular formula is C23H29N3O3. The molecule has 1 aromatic carbocycles. The molecule has 2 saturated heterocycles. The molecule has 2 aliphatic rings. The second-order valence-electron chi connectivity index (χ2n) is 8.75. The van der Waals surface area contributed by atoms with Gasteiger partial charge in [-0.05, 0) is 29.2 Å². The van der Waals surface area contributed by atoms with E-state index in [1.165, 1.54) is 5.56 Å². The fourth-order valence-electron chi connectivity index (χ4n) is 3.99. The third-order valence-corrected chi connectivity index (χ3v) is 5.62. The van der Waals surface area contributed by atoms with Crippen LogP contribution >= 0.6 is 0 Å². The van der Waals surface area contributed by atoms with E-state index in [2.05, 4.69) is 49.3 Å². The number of hydrogen-bond acceptors (Lipinski definition) is 5. The van der Waals surface area contributed by atoms with Crippen LogP contribution in [0.1, 0.15) is 49.7 Å². The number of likely N-dealkylation sites (tertiary alicyclic amines) is 1. The van der Waals surface area contributed by atoms with E-state index < -0.39 is 5.79 Å². The first-order valence-corrected chi connectivity index (χ1v) is 10.3. The number of amides is 1. The molecule has 6 heteroatoms. The largest absolute Gasteiger partial charge is 0.354 e. The Morgan fingerprint density at radius 2 is 1.76 bits per heavy atom. The predicted octanol–water partition coefficient (Wildman–Crippen LogP) is 4.10. The number of pyridine rings is 1. The minimum atomic E-state index is -0.474. The van der Waals surface area contributed by atoms with Crippen molar-refractivity contribution < 1.29 is 14.3 Å². The van der Waals surface area contributed by atoms with E-state index in [-0.39, 0.29) is 11.3 Å². The normalized spacial score (nSPS) is 18.8. The van der Waals surface area contributed by atoms with Crippen molar-refractivity contribution in [3.8, 4) is 0 Å². The Kier molecular flexibility index (Phi) is 5.32. The molecule has 1 amide bonds. The van der Waals surface area contributed by atoms with E-state index in [9.17, 15) is 4.79 Å². The molecule has 2 aliphatic heterocycles. The van der Waals surface area contributed by atoms with E-state index in [0.717, 1.165) is 11.4 Å². The Morgan fingerprint density at radius 1 is 1.07 bits per heavy atom. The molecule has 0 aliphatic carbocycles. The summed E-state index contributed by atoms with van der Waals surface area (Å²) in [6, 6.07) is 12.0. The zero-order valence-corrected chi connectivity index (χ0v) is 17.4. The predicted molar refractivity (Wildman–Crippen MR) is 112 cm³/mol. The van der Waals surface area contributed by atoms with Gasteiger partial charge in [-0.25, -0.2) is 4.98 Å². The average Bonchev–Trinajstić information content (AvgIpc) is 3.16. The SMILES string of the molecule is CC(C)(C)c1ccccc1Nc1ccc(C(=O)N2CCC3(CC2)OCCO3)nc1. The molecule has 0 unspecified atom stereocenters. The average molecular weight is 396 g/mol. The molecule has 29 heavy (non-hydrogen) atoms. The maximum atomic E-state index is 12.8. The lowest BCUT2D eigenvalue weighted by atomic mass is 9.86. The highest BCUT2D eigenvalue weighted by Crippen LogP contribution is 2.32. The number of aromatic nitrogens is 1. The minimum absolute atomic E-state index is 0.0330. The van der Waals surface area contributed by atoms with Gasteiger partial charge in [-0.3, -0.25) is 4.79 Å². The first kappa shape index (κ1) is 19.9. The van der Waals surface area contributed by atoms with Gasteiger partial charge in [0.25, 0.3) is 5.91 Å². The summed E-state index contributed by atoms with van der Waals surface area (Å²) in [6.45, 7) is 9.11. The van der Waals surface area contributed by atoms with Gasteiger partial charge in [0.15, 0.2) is 5.79 Å². The van der Waals surface area contributed by atoms with E-state index >= 15 is 0 Å². The van der Waals surface area contributed by atoms with E-state index in [1.54, 1.807) is 12.3 Å². The van der Waals surface area contributed by atoms with Gasteiger partial charge in [-0.2, -0.15) is 0 Å². The van der Waals surface area contributed by atoms with Gasteiger partial charge in [0, 0.05) is 31.6 Å². The molecule has 2 aromatic rings. The lowest BCUT2D eigenvalue weighted by molar-refractivity contribution is -0.181. The van der Waals surface area contributed by atoms with Crippen molar-refractivity contribution in [1.29, 1.82) is 0 Å². The Hall–Kier alpha value is -2.44. The second kappa shape index (κ2) is 7.76. The Bertz CT molecular complexity index is 858. The summed E-state index contributed by atoms with van der Waals surface area (Å²) in [5.74, 6) is -0.516. The fraction of sp³-hybridized carbons (Fsp3) is 0.478. The van der Waals surface area contributed by atoms with Crippen LogP contribution < -0.4 is 5.32 Å². The van der Waals surface area contributed by atoms with Crippen molar-refractivity contribution in [3.63, 3.8) is 0 Å². The standard InChI is InChI=1S/C23H29N3O3/c1-22(2,3)18-6-4-5-7-19(18)25-17-8-9-20(24-16-17)21(27)26-12-10-23(11-13-26)28-14-15-29-23/h4-9,16,25H,10-15H2,1-3H3. The molecule has 1 aromatic heterocycles. The van der Waals surface area contributed by atoms with Gasteiger partial charge in [0.2, 0.25) is 0 Å². The number of carbonyl (C=O) groups excluding carboxylic acids is 1. The molecule has 1 spiro atoms. The Morgan fingerprint density at radius 3 is 2.38 bits per heavy atom. The zero-order chi connectivity index (χ0) is 20.5. The van der Waals surface area contributed by atoms with Gasteiger partial charge >= 0.3 is 0 Å². The third-order valence-electron chi connectivity index (χ3n) is 5.62. The summed E-state index contributed by atoms with van der Waals surface area (Å²) in [5, 5.41) is 3.44. The number of nitrogens with zero attached hydrogens (tertiary/aromatic N) is 2. The summed E-state index contributed by atoms with van der Waals surface area (Å²) in [7, 11) is 0. The molecule has 0 bridgehead atoms. The number of nitrogens with one attached hydrogen (secondary N) is 1. The van der Waals surface area contributed by atoms with Crippen molar-refractivity contribution in [2.75, 3.05) is 31.6 Å². The van der Waals surface area contributed by atoms with Crippen LogP contribution in [0.5, 0.6) is 0 Å². The third kappa shape index (κ3) is 4.28. The summed E-state index contributed by atoms with van der Waals surface area (Å²) < 4.78 is 11.5. The van der Waals surface area contributed by atoms with Crippen LogP contribution in [0.2, 0.25) is 0 Å². The van der Waals surface area contributed by atoms with Gasteiger partial charge < -0.3 is 19.7 Å². The van der Waals surface area contributed by atoms with E-state index in [0.29, 0.717) is 44.8 Å². The zero-order valence-electron chi connectivity index (χ0n) is 17.4. The summed E-state index contributed by atoms with van der Waals surface area (Å²) in [4.78, 5) is 19.1. The Labute approximate surface area is 172 Å². The van der Waals surface area contributed by atoms with Crippen LogP contribution in [0.3, 0.4) is 0 Å². The smallest absolute Gasteiger partial charge is 0.272 e. The molecule has 4 rings (SSSR count). The Balaban J connectivity index is 1.42. The number of benzene rings is 1. The molecule has 2 fully saturated rings. The van der Waals surface area contributed by atoms with Crippen molar-refractivity contribution >= 4 is 17.3 Å². The lowest BCUT2D eigenvalue weighted by Gasteiger charge is -2.37. The molecule has 154 valence electrons. The summed E-state index contributed by atoms with van der Waals surface area (Å²) in [5.41, 5.74) is 3.65. The summed E-state index contributed by atoms with van der Waals surface area (Å²) in [6.07, 6.45) is 3.14. The van der Waals surface area contributed by atoms with Crippen LogP contribution in [0.15, 0.2) is 42.6 Å². The molecule has 3 heterocycles. The van der Waals surface area contributed by atoms with Gasteiger partial charge in [0.05, 0.1) is 25.1 Å². The van der Waals surface area contributed by atoms with Crippen molar-refractivity contribution in [1.82, 2.24) is 9.88 Å². The number of ether oxygens (including phenoxy) is 2. The van der Waals surface area contributed by atoms with Crippen LogP contribution in [-0.4, -0.2) is 47.9 Å². The fourth-order valence-corrected chi connectivity index (χ4v) is 3.99. The lowest BCUT2D eigenvalue weighted by Crippen LogP contribution is -2.47. The monoisotopic (exact) mass is 395 g/mol. The highest BCUT2D eigenvalue weighted by atomic mass is 16.7. The number of anilines is 2. The van der Waals surface area contributed by atoms with Crippen molar-refractivity contribution in [2.45, 2.75) is 44.8 Å². The van der Waals surface area contributed by atoms with Crippen LogP contribution in [0, 0.1) is 0 Å². The highest BCUT2D eigenvalue weighted by molar-refractivity contribution is 5.92. The summed E-state index contributed by atoms with van der Waals surface area (Å²) >= 11 is 0. The number of rotatable bonds is 3.